The molecule has 6 heteroatoms. The minimum atomic E-state index is -0.435. The van der Waals surface area contributed by atoms with Crippen LogP contribution in [0.25, 0.3) is 0 Å². The zero-order chi connectivity index (χ0) is 18.7. The molecule has 0 aromatic heterocycles. The largest absolute Gasteiger partial charge is 0.352 e. The summed E-state index contributed by atoms with van der Waals surface area (Å²) >= 11 is 0. The Kier molecular flexibility index (Phi) is 5.11. The highest BCUT2D eigenvalue weighted by molar-refractivity contribution is 6.01. The molecular weight excluding hydrogens is 335 g/mol. The summed E-state index contributed by atoms with van der Waals surface area (Å²) in [5.74, 6) is -1.13. The Morgan fingerprint density at radius 1 is 1.12 bits per heavy atom. The van der Waals surface area contributed by atoms with Gasteiger partial charge in [-0.25, -0.2) is 4.39 Å². The molecule has 2 aromatic carbocycles. The van der Waals surface area contributed by atoms with E-state index < -0.39 is 5.92 Å². The van der Waals surface area contributed by atoms with Crippen LogP contribution < -0.4 is 10.2 Å². The summed E-state index contributed by atoms with van der Waals surface area (Å²) in [5, 5.41) is 2.79. The van der Waals surface area contributed by atoms with E-state index in [1.54, 1.807) is 41.3 Å². The summed E-state index contributed by atoms with van der Waals surface area (Å²) in [5.41, 5.74) is 2.04. The smallest absolute Gasteiger partial charge is 0.227 e. The first kappa shape index (κ1) is 17.8. The maximum Gasteiger partial charge on any atom is 0.227 e. The Bertz CT molecular complexity index is 831. The maximum atomic E-state index is 12.9. The van der Waals surface area contributed by atoms with E-state index in [9.17, 15) is 18.8 Å². The number of carbonyl (C=O) groups excluding carboxylic acids is 3. The normalized spacial score (nSPS) is 16.6. The van der Waals surface area contributed by atoms with Crippen molar-refractivity contribution in [3.05, 3.63) is 65.5 Å². The molecule has 0 bridgehead atoms. The summed E-state index contributed by atoms with van der Waals surface area (Å²) in [6.45, 7) is 2.07. The predicted molar refractivity (Wildman–Crippen MR) is 95.2 cm³/mol. The summed E-state index contributed by atoms with van der Waals surface area (Å²) < 4.78 is 12.9. The summed E-state index contributed by atoms with van der Waals surface area (Å²) in [6, 6.07) is 12.7. The number of hydrogen-bond donors (Lipinski definition) is 1. The first-order valence-corrected chi connectivity index (χ1v) is 8.37. The summed E-state index contributed by atoms with van der Waals surface area (Å²) in [7, 11) is 0. The van der Waals surface area contributed by atoms with E-state index in [2.05, 4.69) is 5.32 Å². The van der Waals surface area contributed by atoms with Gasteiger partial charge < -0.3 is 10.2 Å². The first-order chi connectivity index (χ1) is 12.4. The number of nitrogens with one attached hydrogen (secondary N) is 1. The van der Waals surface area contributed by atoms with E-state index in [-0.39, 0.29) is 36.4 Å². The van der Waals surface area contributed by atoms with E-state index in [1.807, 2.05) is 0 Å². The molecule has 1 N–H and O–H groups in total. The molecule has 2 aromatic rings. The van der Waals surface area contributed by atoms with E-state index in [0.29, 0.717) is 17.8 Å². The third kappa shape index (κ3) is 3.96. The Morgan fingerprint density at radius 3 is 2.38 bits per heavy atom. The zero-order valence-corrected chi connectivity index (χ0v) is 14.4. The Balaban J connectivity index is 1.60. The molecular formula is C20H19FN2O3. The summed E-state index contributed by atoms with van der Waals surface area (Å²) in [6.07, 6.45) is 0.143. The third-order valence-electron chi connectivity index (χ3n) is 4.46. The quantitative estimate of drug-likeness (QED) is 0.840. The lowest BCUT2D eigenvalue weighted by Crippen LogP contribution is -2.32. The van der Waals surface area contributed by atoms with Crippen molar-refractivity contribution in [2.45, 2.75) is 19.9 Å². The lowest BCUT2D eigenvalue weighted by molar-refractivity contribution is -0.126. The van der Waals surface area contributed by atoms with Crippen molar-refractivity contribution >= 4 is 23.3 Å². The molecule has 1 heterocycles. The fourth-order valence-electron chi connectivity index (χ4n) is 2.94. The average molecular weight is 354 g/mol. The van der Waals surface area contributed by atoms with Crippen molar-refractivity contribution in [1.82, 2.24) is 5.32 Å². The number of benzene rings is 2. The summed E-state index contributed by atoms with van der Waals surface area (Å²) in [4.78, 5) is 37.5. The van der Waals surface area contributed by atoms with E-state index in [0.717, 1.165) is 5.56 Å². The van der Waals surface area contributed by atoms with E-state index in [4.69, 9.17) is 0 Å². The van der Waals surface area contributed by atoms with Gasteiger partial charge in [0.1, 0.15) is 5.82 Å². The molecule has 0 aliphatic carbocycles. The number of halogens is 1. The number of hydrogen-bond acceptors (Lipinski definition) is 3. The van der Waals surface area contributed by atoms with Crippen LogP contribution in [-0.4, -0.2) is 24.1 Å². The standard InChI is InChI=1S/C20H19FN2O3/c1-13(24)15-4-8-18(9-5-15)23-12-16(10-19(23)25)20(26)22-11-14-2-6-17(21)7-3-14/h2-9,16H,10-12H2,1H3,(H,22,26). The van der Waals surface area contributed by atoms with E-state index in [1.165, 1.54) is 19.1 Å². The predicted octanol–water partition coefficient (Wildman–Crippen LogP) is 2.70. The van der Waals surface area contributed by atoms with Crippen LogP contribution in [0.4, 0.5) is 10.1 Å². The molecule has 1 fully saturated rings. The average Bonchev–Trinajstić information content (AvgIpc) is 3.03. The van der Waals surface area contributed by atoms with Gasteiger partial charge >= 0.3 is 0 Å². The van der Waals surface area contributed by atoms with Gasteiger partial charge in [-0.1, -0.05) is 12.1 Å². The van der Waals surface area contributed by atoms with Gasteiger partial charge in [0.05, 0.1) is 5.92 Å². The van der Waals surface area contributed by atoms with Crippen molar-refractivity contribution in [2.24, 2.45) is 5.92 Å². The SMILES string of the molecule is CC(=O)c1ccc(N2CC(C(=O)NCc3ccc(F)cc3)CC2=O)cc1. The van der Waals surface area contributed by atoms with Crippen molar-refractivity contribution in [1.29, 1.82) is 0 Å². The number of amides is 2. The number of ketones is 1. The number of anilines is 1. The molecule has 1 saturated heterocycles. The molecule has 0 saturated carbocycles. The minimum absolute atomic E-state index is 0.0395. The second-order valence-corrected chi connectivity index (χ2v) is 6.35. The lowest BCUT2D eigenvalue weighted by Gasteiger charge is -2.17. The Labute approximate surface area is 150 Å². The minimum Gasteiger partial charge on any atom is -0.352 e. The fourth-order valence-corrected chi connectivity index (χ4v) is 2.94. The molecule has 0 radical (unpaired) electrons. The molecule has 1 aliphatic heterocycles. The van der Waals surface area contributed by atoms with Crippen LogP contribution in [-0.2, 0) is 16.1 Å². The highest BCUT2D eigenvalue weighted by Gasteiger charge is 2.35. The van der Waals surface area contributed by atoms with E-state index >= 15 is 0 Å². The van der Waals surface area contributed by atoms with Crippen LogP contribution >= 0.6 is 0 Å². The van der Waals surface area contributed by atoms with Gasteiger partial charge in [0, 0.05) is 30.8 Å². The maximum absolute atomic E-state index is 12.9. The third-order valence-corrected chi connectivity index (χ3v) is 4.46. The number of rotatable bonds is 5. The monoisotopic (exact) mass is 354 g/mol. The van der Waals surface area contributed by atoms with Crippen molar-refractivity contribution < 1.29 is 18.8 Å². The molecule has 1 unspecified atom stereocenters. The molecule has 3 rings (SSSR count). The second-order valence-electron chi connectivity index (χ2n) is 6.35. The van der Waals surface area contributed by atoms with Crippen molar-refractivity contribution in [2.75, 3.05) is 11.4 Å². The molecule has 5 nitrogen and oxygen atoms in total. The van der Waals surface area contributed by atoms with Crippen molar-refractivity contribution in [3.8, 4) is 0 Å². The number of carbonyl (C=O) groups is 3. The number of nitrogens with zero attached hydrogens (tertiary/aromatic N) is 1. The van der Waals surface area contributed by atoms with Crippen LogP contribution in [0, 0.1) is 11.7 Å². The van der Waals surface area contributed by atoms with Crippen molar-refractivity contribution in [3.63, 3.8) is 0 Å². The second kappa shape index (κ2) is 7.47. The lowest BCUT2D eigenvalue weighted by atomic mass is 10.1. The van der Waals surface area contributed by atoms with Gasteiger partial charge in [0.2, 0.25) is 11.8 Å². The molecule has 26 heavy (non-hydrogen) atoms. The van der Waals surface area contributed by atoms with Crippen LogP contribution in [0.3, 0.4) is 0 Å². The van der Waals surface area contributed by atoms with Crippen LogP contribution in [0.15, 0.2) is 48.5 Å². The molecule has 134 valence electrons. The Morgan fingerprint density at radius 2 is 1.77 bits per heavy atom. The van der Waals surface area contributed by atoms with Gasteiger partial charge in [-0.15, -0.1) is 0 Å². The van der Waals surface area contributed by atoms with Gasteiger partial charge in [-0.3, -0.25) is 14.4 Å². The van der Waals surface area contributed by atoms with Crippen LogP contribution in [0.2, 0.25) is 0 Å². The number of Topliss-reactive ketones (excluding diaryl/α,β-unsaturated/α-hetero) is 1. The van der Waals surface area contributed by atoms with Crippen LogP contribution in [0.5, 0.6) is 0 Å². The van der Waals surface area contributed by atoms with Crippen LogP contribution in [0.1, 0.15) is 29.3 Å². The van der Waals surface area contributed by atoms with Gasteiger partial charge in [0.25, 0.3) is 0 Å². The molecule has 0 spiro atoms. The highest BCUT2D eigenvalue weighted by atomic mass is 19.1. The highest BCUT2D eigenvalue weighted by Crippen LogP contribution is 2.25. The fraction of sp³-hybridized carbons (Fsp3) is 0.250. The molecule has 1 aliphatic rings. The van der Waals surface area contributed by atoms with Gasteiger partial charge in [0.15, 0.2) is 5.78 Å². The Hall–Kier alpha value is -3.02. The topological polar surface area (TPSA) is 66.5 Å². The van der Waals surface area contributed by atoms with Gasteiger partial charge in [-0.05, 0) is 48.9 Å². The zero-order valence-electron chi connectivity index (χ0n) is 14.4. The first-order valence-electron chi connectivity index (χ1n) is 8.37. The molecule has 1 atom stereocenters. The molecule has 2 amide bonds. The van der Waals surface area contributed by atoms with Gasteiger partial charge in [-0.2, -0.15) is 0 Å².